The molecule has 19 heavy (non-hydrogen) atoms. The molecule has 3 heterocycles. The highest BCUT2D eigenvalue weighted by atomic mass is 32.1. The molecule has 6 heteroatoms. The van der Waals surface area contributed by atoms with Gasteiger partial charge in [0.05, 0.1) is 25.7 Å². The largest absolute Gasteiger partial charge is 0.492 e. The predicted octanol–water partition coefficient (Wildman–Crippen LogP) is 3.34. The van der Waals surface area contributed by atoms with E-state index in [1.807, 2.05) is 32.2 Å². The summed E-state index contributed by atoms with van der Waals surface area (Å²) in [7, 11) is 0. The molecular weight excluding hydrogens is 264 g/mol. The smallest absolute Gasteiger partial charge is 0.234 e. The van der Waals surface area contributed by atoms with Crippen LogP contribution in [0.25, 0.3) is 10.7 Å². The number of hydrogen-bond donors (Lipinski definition) is 0. The molecule has 5 nitrogen and oxygen atoms in total. The molecule has 1 saturated heterocycles. The third-order valence-corrected chi connectivity index (χ3v) is 3.45. The van der Waals surface area contributed by atoms with Crippen LogP contribution in [0.1, 0.15) is 32.6 Å². The highest BCUT2D eigenvalue weighted by Gasteiger charge is 2.27. The summed E-state index contributed by atoms with van der Waals surface area (Å²) in [6.45, 7) is 7.93. The first-order valence-corrected chi connectivity index (χ1v) is 7.38. The van der Waals surface area contributed by atoms with Gasteiger partial charge in [-0.1, -0.05) is 19.0 Å². The van der Waals surface area contributed by atoms with Crippen molar-refractivity contribution >= 4 is 11.3 Å². The van der Waals surface area contributed by atoms with Gasteiger partial charge in [0, 0.05) is 0 Å². The van der Waals surface area contributed by atoms with Crippen molar-refractivity contribution < 1.29 is 14.0 Å². The number of nitrogens with zero attached hydrogens (tertiary/aromatic N) is 2. The van der Waals surface area contributed by atoms with Gasteiger partial charge in [-0.3, -0.25) is 0 Å². The van der Waals surface area contributed by atoms with Gasteiger partial charge in [0.15, 0.2) is 0 Å². The molecular formula is C13H18N2O3S. The number of rotatable bonds is 4. The van der Waals surface area contributed by atoms with Crippen LogP contribution in [0.4, 0.5) is 0 Å². The minimum Gasteiger partial charge on any atom is -0.492 e. The van der Waals surface area contributed by atoms with Crippen LogP contribution in [0, 0.1) is 0 Å². The lowest BCUT2D eigenvalue weighted by atomic mass is 10.1. The van der Waals surface area contributed by atoms with Crippen LogP contribution in [-0.2, 0) is 4.74 Å². The van der Waals surface area contributed by atoms with Gasteiger partial charge < -0.3 is 14.0 Å². The zero-order chi connectivity index (χ0) is 13.7. The van der Waals surface area contributed by atoms with Crippen molar-refractivity contribution in [3.63, 3.8) is 0 Å². The van der Waals surface area contributed by atoms with Crippen LogP contribution in [-0.4, -0.2) is 30.0 Å². The SMILES string of the molecule is CC.CCOc1ccsc1-c1noc(C2COC2)n1. The number of thiophene rings is 1. The average molecular weight is 282 g/mol. The van der Waals surface area contributed by atoms with Crippen LogP contribution in [0.2, 0.25) is 0 Å². The van der Waals surface area contributed by atoms with Crippen molar-refractivity contribution in [2.45, 2.75) is 26.7 Å². The Labute approximate surface area is 116 Å². The molecule has 0 aromatic carbocycles. The normalized spacial score (nSPS) is 14.5. The van der Waals surface area contributed by atoms with Crippen molar-refractivity contribution in [3.8, 4) is 16.5 Å². The van der Waals surface area contributed by atoms with E-state index < -0.39 is 0 Å². The summed E-state index contributed by atoms with van der Waals surface area (Å²) in [6, 6.07) is 1.92. The topological polar surface area (TPSA) is 57.4 Å². The van der Waals surface area contributed by atoms with Crippen LogP contribution < -0.4 is 4.74 Å². The van der Waals surface area contributed by atoms with Gasteiger partial charge in [0.25, 0.3) is 0 Å². The Balaban J connectivity index is 0.000000637. The lowest BCUT2D eigenvalue weighted by Gasteiger charge is -2.21. The van der Waals surface area contributed by atoms with Crippen molar-refractivity contribution in [3.05, 3.63) is 17.3 Å². The molecule has 0 spiro atoms. The van der Waals surface area contributed by atoms with Gasteiger partial charge in [0.1, 0.15) is 10.6 Å². The van der Waals surface area contributed by atoms with Crippen molar-refractivity contribution in [2.24, 2.45) is 0 Å². The molecule has 1 aliphatic heterocycles. The maximum atomic E-state index is 5.51. The lowest BCUT2D eigenvalue weighted by Crippen LogP contribution is -2.25. The molecule has 3 rings (SSSR count). The molecule has 1 aliphatic rings. The lowest BCUT2D eigenvalue weighted by molar-refractivity contribution is -0.00445. The van der Waals surface area contributed by atoms with Gasteiger partial charge in [-0.15, -0.1) is 11.3 Å². The van der Waals surface area contributed by atoms with Crippen LogP contribution in [0.15, 0.2) is 16.0 Å². The Morgan fingerprint density at radius 1 is 1.42 bits per heavy atom. The number of aromatic nitrogens is 2. The Bertz CT molecular complexity index is 505. The molecule has 0 saturated carbocycles. The summed E-state index contributed by atoms with van der Waals surface area (Å²) in [5.41, 5.74) is 0. The molecule has 0 amide bonds. The summed E-state index contributed by atoms with van der Waals surface area (Å²) in [5, 5.41) is 5.95. The highest BCUT2D eigenvalue weighted by molar-refractivity contribution is 7.13. The van der Waals surface area contributed by atoms with E-state index in [1.54, 1.807) is 11.3 Å². The maximum absolute atomic E-state index is 5.51. The van der Waals surface area contributed by atoms with E-state index in [2.05, 4.69) is 10.1 Å². The molecule has 0 radical (unpaired) electrons. The van der Waals surface area contributed by atoms with Crippen molar-refractivity contribution in [1.29, 1.82) is 0 Å². The summed E-state index contributed by atoms with van der Waals surface area (Å²) < 4.78 is 15.8. The van der Waals surface area contributed by atoms with E-state index in [-0.39, 0.29) is 5.92 Å². The monoisotopic (exact) mass is 282 g/mol. The highest BCUT2D eigenvalue weighted by Crippen LogP contribution is 2.34. The maximum Gasteiger partial charge on any atom is 0.234 e. The molecule has 1 fully saturated rings. The second-order valence-corrected chi connectivity index (χ2v) is 4.65. The fourth-order valence-corrected chi connectivity index (χ4v) is 2.36. The van der Waals surface area contributed by atoms with E-state index in [0.29, 0.717) is 31.5 Å². The van der Waals surface area contributed by atoms with E-state index >= 15 is 0 Å². The molecule has 0 bridgehead atoms. The number of hydrogen-bond acceptors (Lipinski definition) is 6. The minimum absolute atomic E-state index is 0.256. The summed E-state index contributed by atoms with van der Waals surface area (Å²) in [5.74, 6) is 2.33. The Morgan fingerprint density at radius 2 is 2.21 bits per heavy atom. The quantitative estimate of drug-likeness (QED) is 0.860. The standard InChI is InChI=1S/C11H12N2O3S.C2H6/c1-2-15-8-3-4-17-9(8)10-12-11(16-13-10)7-5-14-6-7;1-2/h3-4,7H,2,5-6H2,1H3;1-2H3. The Morgan fingerprint density at radius 3 is 2.84 bits per heavy atom. The zero-order valence-corrected chi connectivity index (χ0v) is 12.2. The van der Waals surface area contributed by atoms with Gasteiger partial charge in [-0.2, -0.15) is 4.98 Å². The molecule has 0 N–H and O–H groups in total. The summed E-state index contributed by atoms with van der Waals surface area (Å²) in [4.78, 5) is 5.31. The van der Waals surface area contributed by atoms with Crippen LogP contribution >= 0.6 is 11.3 Å². The molecule has 0 unspecified atom stereocenters. The van der Waals surface area contributed by atoms with Crippen molar-refractivity contribution in [1.82, 2.24) is 10.1 Å². The third kappa shape index (κ3) is 2.96. The molecule has 2 aromatic heterocycles. The van der Waals surface area contributed by atoms with Crippen LogP contribution in [0.5, 0.6) is 5.75 Å². The van der Waals surface area contributed by atoms with Gasteiger partial charge in [-0.05, 0) is 18.4 Å². The molecule has 2 aromatic rings. The fourth-order valence-electron chi connectivity index (χ4n) is 1.60. The summed E-state index contributed by atoms with van der Waals surface area (Å²) in [6.07, 6.45) is 0. The second-order valence-electron chi connectivity index (χ2n) is 3.74. The molecule has 0 aliphatic carbocycles. The average Bonchev–Trinajstić information content (AvgIpc) is 2.99. The Hall–Kier alpha value is -1.40. The van der Waals surface area contributed by atoms with E-state index in [1.165, 1.54) is 0 Å². The van der Waals surface area contributed by atoms with Gasteiger partial charge in [0.2, 0.25) is 11.7 Å². The minimum atomic E-state index is 0.256. The van der Waals surface area contributed by atoms with Crippen LogP contribution in [0.3, 0.4) is 0 Å². The summed E-state index contributed by atoms with van der Waals surface area (Å²) >= 11 is 1.55. The Kier molecular flexibility index (Phi) is 4.93. The predicted molar refractivity (Wildman–Crippen MR) is 73.7 cm³/mol. The molecule has 0 atom stereocenters. The third-order valence-electron chi connectivity index (χ3n) is 2.56. The van der Waals surface area contributed by atoms with Crippen molar-refractivity contribution in [2.75, 3.05) is 19.8 Å². The van der Waals surface area contributed by atoms with E-state index in [0.717, 1.165) is 10.6 Å². The first kappa shape index (κ1) is 14.0. The van der Waals surface area contributed by atoms with Gasteiger partial charge >= 0.3 is 0 Å². The molecule has 104 valence electrons. The first-order chi connectivity index (χ1) is 9.38. The number of ether oxygens (including phenoxy) is 2. The fraction of sp³-hybridized carbons (Fsp3) is 0.538. The van der Waals surface area contributed by atoms with E-state index in [4.69, 9.17) is 14.0 Å². The zero-order valence-electron chi connectivity index (χ0n) is 11.4. The second kappa shape index (κ2) is 6.68. The van der Waals surface area contributed by atoms with E-state index in [9.17, 15) is 0 Å². The van der Waals surface area contributed by atoms with Gasteiger partial charge in [-0.25, -0.2) is 0 Å². The first-order valence-electron chi connectivity index (χ1n) is 6.50.